The molecule has 1 atom stereocenters. The molecule has 1 unspecified atom stereocenters. The van der Waals surface area contributed by atoms with E-state index in [4.69, 9.17) is 4.74 Å². The van der Waals surface area contributed by atoms with Gasteiger partial charge in [-0.15, -0.1) is 0 Å². The summed E-state index contributed by atoms with van der Waals surface area (Å²) in [7, 11) is 3.88. The first-order valence-corrected chi connectivity index (χ1v) is 8.62. The van der Waals surface area contributed by atoms with E-state index in [1.165, 1.54) is 0 Å². The van der Waals surface area contributed by atoms with Crippen molar-refractivity contribution < 1.29 is 4.74 Å². The molecule has 0 aliphatic carbocycles. The maximum Gasteiger partial charge on any atom is 0.193 e. The number of ether oxygens (including phenoxy) is 1. The van der Waals surface area contributed by atoms with E-state index in [0.29, 0.717) is 12.5 Å². The Labute approximate surface area is 148 Å². The summed E-state index contributed by atoms with van der Waals surface area (Å²) in [6.45, 7) is 5.33. The van der Waals surface area contributed by atoms with Gasteiger partial charge in [-0.3, -0.25) is 9.56 Å². The quantitative estimate of drug-likeness (QED) is 0.661. The predicted molar refractivity (Wildman–Crippen MR) is 97.9 cm³/mol. The molecule has 25 heavy (non-hydrogen) atoms. The average Bonchev–Trinajstić information content (AvgIpc) is 3.28. The van der Waals surface area contributed by atoms with Crippen LogP contribution in [0.25, 0.3) is 5.82 Å². The van der Waals surface area contributed by atoms with Gasteiger partial charge in [0.1, 0.15) is 11.6 Å². The summed E-state index contributed by atoms with van der Waals surface area (Å²) >= 11 is 0. The summed E-state index contributed by atoms with van der Waals surface area (Å²) < 4.78 is 7.42. The van der Waals surface area contributed by atoms with Gasteiger partial charge in [-0.2, -0.15) is 0 Å². The minimum Gasteiger partial charge on any atom is -0.381 e. The summed E-state index contributed by atoms with van der Waals surface area (Å²) in [5.41, 5.74) is 1.11. The Bertz CT molecular complexity index is 703. The lowest BCUT2D eigenvalue weighted by atomic mass is 10.1. The van der Waals surface area contributed by atoms with Crippen molar-refractivity contribution in [3.63, 3.8) is 0 Å². The molecule has 1 saturated heterocycles. The van der Waals surface area contributed by atoms with Crippen molar-refractivity contribution in [3.05, 3.63) is 42.1 Å². The van der Waals surface area contributed by atoms with Crippen LogP contribution in [0.2, 0.25) is 0 Å². The SMILES string of the molecule is CN=C(NCc1ccc(-n2ccnc2C)nc1)N(C)CC1CCOC1. The molecular formula is C18H26N6O. The number of pyridine rings is 1. The van der Waals surface area contributed by atoms with E-state index in [1.54, 1.807) is 6.20 Å². The topological polar surface area (TPSA) is 67.6 Å². The van der Waals surface area contributed by atoms with Gasteiger partial charge < -0.3 is 15.0 Å². The van der Waals surface area contributed by atoms with Crippen LogP contribution in [-0.4, -0.2) is 59.2 Å². The second-order valence-corrected chi connectivity index (χ2v) is 6.38. The molecule has 1 aliphatic rings. The zero-order valence-electron chi connectivity index (χ0n) is 15.1. The molecular weight excluding hydrogens is 316 g/mol. The van der Waals surface area contributed by atoms with Crippen LogP contribution < -0.4 is 5.32 Å². The monoisotopic (exact) mass is 342 g/mol. The zero-order valence-corrected chi connectivity index (χ0v) is 15.1. The highest BCUT2D eigenvalue weighted by Crippen LogP contribution is 2.13. The lowest BCUT2D eigenvalue weighted by Crippen LogP contribution is -2.41. The molecule has 2 aromatic heterocycles. The Balaban J connectivity index is 1.55. The number of guanidine groups is 1. The number of hydrogen-bond donors (Lipinski definition) is 1. The maximum atomic E-state index is 5.45. The molecule has 7 heteroatoms. The average molecular weight is 342 g/mol. The molecule has 0 spiro atoms. The van der Waals surface area contributed by atoms with E-state index in [1.807, 2.05) is 37.0 Å². The molecule has 0 bridgehead atoms. The molecule has 134 valence electrons. The van der Waals surface area contributed by atoms with Crippen molar-refractivity contribution in [1.29, 1.82) is 0 Å². The van der Waals surface area contributed by atoms with Crippen molar-refractivity contribution in [3.8, 4) is 5.82 Å². The van der Waals surface area contributed by atoms with Crippen molar-refractivity contribution in [2.24, 2.45) is 10.9 Å². The van der Waals surface area contributed by atoms with Crippen LogP contribution in [0.5, 0.6) is 0 Å². The van der Waals surface area contributed by atoms with Crippen LogP contribution in [0, 0.1) is 12.8 Å². The Hall–Kier alpha value is -2.41. The van der Waals surface area contributed by atoms with E-state index in [9.17, 15) is 0 Å². The van der Waals surface area contributed by atoms with Crippen molar-refractivity contribution >= 4 is 5.96 Å². The number of nitrogens with one attached hydrogen (secondary N) is 1. The lowest BCUT2D eigenvalue weighted by molar-refractivity contribution is 0.181. The second-order valence-electron chi connectivity index (χ2n) is 6.38. The van der Waals surface area contributed by atoms with Gasteiger partial charge >= 0.3 is 0 Å². The first-order chi connectivity index (χ1) is 12.2. The molecule has 0 aromatic carbocycles. The number of aromatic nitrogens is 3. The van der Waals surface area contributed by atoms with Crippen LogP contribution in [0.3, 0.4) is 0 Å². The van der Waals surface area contributed by atoms with E-state index in [0.717, 1.165) is 49.3 Å². The fourth-order valence-electron chi connectivity index (χ4n) is 3.05. The minimum atomic E-state index is 0.586. The first kappa shape index (κ1) is 17.4. The summed E-state index contributed by atoms with van der Waals surface area (Å²) in [4.78, 5) is 15.3. The zero-order chi connectivity index (χ0) is 17.6. The van der Waals surface area contributed by atoms with Gasteiger partial charge in [0.05, 0.1) is 6.61 Å². The molecule has 0 saturated carbocycles. The van der Waals surface area contributed by atoms with E-state index in [-0.39, 0.29) is 0 Å². The van der Waals surface area contributed by atoms with Crippen LogP contribution >= 0.6 is 0 Å². The number of imidazole rings is 1. The summed E-state index contributed by atoms with van der Waals surface area (Å²) in [6, 6.07) is 4.08. The third kappa shape index (κ3) is 4.36. The van der Waals surface area contributed by atoms with E-state index in [2.05, 4.69) is 38.3 Å². The minimum absolute atomic E-state index is 0.586. The molecule has 7 nitrogen and oxygen atoms in total. The van der Waals surface area contributed by atoms with Crippen molar-refractivity contribution in [1.82, 2.24) is 24.8 Å². The van der Waals surface area contributed by atoms with Gasteiger partial charge in [-0.25, -0.2) is 9.97 Å². The van der Waals surface area contributed by atoms with Gasteiger partial charge in [0, 0.05) is 58.3 Å². The van der Waals surface area contributed by atoms with Gasteiger partial charge in [-0.05, 0) is 25.0 Å². The fraction of sp³-hybridized carbons (Fsp3) is 0.500. The summed E-state index contributed by atoms with van der Waals surface area (Å²) in [6.07, 6.45) is 6.71. The Morgan fingerprint density at radius 1 is 1.44 bits per heavy atom. The highest BCUT2D eigenvalue weighted by atomic mass is 16.5. The molecule has 2 aromatic rings. The highest BCUT2D eigenvalue weighted by Gasteiger charge is 2.19. The normalized spacial score (nSPS) is 17.7. The number of aryl methyl sites for hydroxylation is 1. The maximum absolute atomic E-state index is 5.45. The van der Waals surface area contributed by atoms with E-state index >= 15 is 0 Å². The molecule has 3 rings (SSSR count). The van der Waals surface area contributed by atoms with Crippen molar-refractivity contribution in [2.45, 2.75) is 19.9 Å². The number of aliphatic imine (C=N–C) groups is 1. The third-order valence-electron chi connectivity index (χ3n) is 4.46. The summed E-state index contributed by atoms with van der Waals surface area (Å²) in [5, 5.41) is 3.40. The number of nitrogens with zero attached hydrogens (tertiary/aromatic N) is 5. The number of rotatable bonds is 5. The van der Waals surface area contributed by atoms with E-state index < -0.39 is 0 Å². The van der Waals surface area contributed by atoms with Gasteiger partial charge in [0.15, 0.2) is 5.96 Å². The van der Waals surface area contributed by atoms with Crippen molar-refractivity contribution in [2.75, 3.05) is 33.9 Å². The second kappa shape index (κ2) is 8.11. The largest absolute Gasteiger partial charge is 0.381 e. The number of hydrogen-bond acceptors (Lipinski definition) is 4. The standard InChI is InChI=1S/C18H26N6O/c1-14-20-7-8-24(14)17-5-4-15(10-21-17)11-22-18(19-2)23(3)12-16-6-9-25-13-16/h4-5,7-8,10,16H,6,9,11-13H2,1-3H3,(H,19,22). The Morgan fingerprint density at radius 3 is 2.92 bits per heavy atom. The predicted octanol–water partition coefficient (Wildman–Crippen LogP) is 1.62. The van der Waals surface area contributed by atoms with Gasteiger partial charge in [0.2, 0.25) is 0 Å². The summed E-state index contributed by atoms with van der Waals surface area (Å²) in [5.74, 6) is 3.28. The molecule has 3 heterocycles. The molecule has 1 aliphatic heterocycles. The Kier molecular flexibility index (Phi) is 5.65. The molecule has 1 N–H and O–H groups in total. The van der Waals surface area contributed by atoms with Crippen LogP contribution in [0.15, 0.2) is 35.7 Å². The molecule has 1 fully saturated rings. The van der Waals surface area contributed by atoms with Crippen LogP contribution in [-0.2, 0) is 11.3 Å². The smallest absolute Gasteiger partial charge is 0.193 e. The molecule has 0 amide bonds. The Morgan fingerprint density at radius 2 is 2.32 bits per heavy atom. The van der Waals surface area contributed by atoms with Gasteiger partial charge in [0.25, 0.3) is 0 Å². The van der Waals surface area contributed by atoms with Crippen LogP contribution in [0.4, 0.5) is 0 Å². The third-order valence-corrected chi connectivity index (χ3v) is 4.46. The van der Waals surface area contributed by atoms with Gasteiger partial charge in [-0.1, -0.05) is 6.07 Å². The van der Waals surface area contributed by atoms with Crippen LogP contribution in [0.1, 0.15) is 17.8 Å². The first-order valence-electron chi connectivity index (χ1n) is 8.62. The molecule has 0 radical (unpaired) electrons. The fourth-order valence-corrected chi connectivity index (χ4v) is 3.05. The lowest BCUT2D eigenvalue weighted by Gasteiger charge is -2.24. The highest BCUT2D eigenvalue weighted by molar-refractivity contribution is 5.79.